The molecule has 1 saturated carbocycles. The molecule has 1 aliphatic carbocycles. The lowest BCUT2D eigenvalue weighted by Gasteiger charge is -2.39. The van der Waals surface area contributed by atoms with Crippen LogP contribution < -0.4 is 10.6 Å². The van der Waals surface area contributed by atoms with Crippen LogP contribution >= 0.6 is 12.2 Å². The van der Waals surface area contributed by atoms with Gasteiger partial charge < -0.3 is 10.6 Å². The maximum Gasteiger partial charge on any atom is 0.171 e. The van der Waals surface area contributed by atoms with E-state index < -0.39 is 0 Å². The summed E-state index contributed by atoms with van der Waals surface area (Å²) >= 11 is 5.52. The molecule has 0 atom stereocenters. The summed E-state index contributed by atoms with van der Waals surface area (Å²) in [6, 6.07) is 6.94. The van der Waals surface area contributed by atoms with Gasteiger partial charge in [-0.1, -0.05) is 39.3 Å². The third kappa shape index (κ3) is 4.94. The molecule has 0 amide bonds. The summed E-state index contributed by atoms with van der Waals surface area (Å²) in [5.74, 6) is 0.853. The van der Waals surface area contributed by atoms with E-state index in [9.17, 15) is 0 Å². The highest BCUT2D eigenvalue weighted by Crippen LogP contribution is 2.40. The first kappa shape index (κ1) is 18.3. The SMILES string of the molecule is CCC(C)(C)C1CCC(NC(=S)Nc2cc(C)ccc2C)CC1. The summed E-state index contributed by atoms with van der Waals surface area (Å²) in [6.45, 7) is 11.4. The molecule has 2 nitrogen and oxygen atoms in total. The third-order valence-corrected chi connectivity index (χ3v) is 5.94. The molecule has 1 aliphatic rings. The molecule has 0 bridgehead atoms. The van der Waals surface area contributed by atoms with E-state index in [0.29, 0.717) is 11.5 Å². The minimum Gasteiger partial charge on any atom is -0.360 e. The van der Waals surface area contributed by atoms with E-state index in [2.05, 4.69) is 63.5 Å². The Morgan fingerprint density at radius 1 is 1.17 bits per heavy atom. The monoisotopic (exact) mass is 332 g/mol. The van der Waals surface area contributed by atoms with E-state index in [1.807, 2.05) is 0 Å². The fourth-order valence-corrected chi connectivity index (χ4v) is 3.80. The molecular weight excluding hydrogens is 300 g/mol. The Kier molecular flexibility index (Phi) is 6.07. The highest BCUT2D eigenvalue weighted by Gasteiger charge is 2.31. The van der Waals surface area contributed by atoms with Gasteiger partial charge in [0, 0.05) is 11.7 Å². The van der Waals surface area contributed by atoms with Crippen molar-refractivity contribution in [1.29, 1.82) is 0 Å². The predicted molar refractivity (Wildman–Crippen MR) is 105 cm³/mol. The van der Waals surface area contributed by atoms with Gasteiger partial charge in [-0.15, -0.1) is 0 Å². The topological polar surface area (TPSA) is 24.1 Å². The van der Waals surface area contributed by atoms with Gasteiger partial charge in [0.1, 0.15) is 0 Å². The average Bonchev–Trinajstić information content (AvgIpc) is 2.51. The number of anilines is 1. The van der Waals surface area contributed by atoms with E-state index >= 15 is 0 Å². The maximum absolute atomic E-state index is 5.52. The number of nitrogens with one attached hydrogen (secondary N) is 2. The molecule has 0 radical (unpaired) electrons. The smallest absolute Gasteiger partial charge is 0.171 e. The van der Waals surface area contributed by atoms with Crippen LogP contribution in [-0.2, 0) is 0 Å². The maximum atomic E-state index is 5.52. The highest BCUT2D eigenvalue weighted by molar-refractivity contribution is 7.80. The first-order valence-corrected chi connectivity index (χ1v) is 9.37. The largest absolute Gasteiger partial charge is 0.360 e. The molecule has 0 aliphatic heterocycles. The van der Waals surface area contributed by atoms with Gasteiger partial charge in [-0.25, -0.2) is 0 Å². The molecule has 0 spiro atoms. The van der Waals surface area contributed by atoms with Crippen LogP contribution in [0.3, 0.4) is 0 Å². The van der Waals surface area contributed by atoms with Gasteiger partial charge >= 0.3 is 0 Å². The number of rotatable bonds is 4. The molecule has 23 heavy (non-hydrogen) atoms. The molecule has 0 unspecified atom stereocenters. The lowest BCUT2D eigenvalue weighted by molar-refractivity contribution is 0.141. The Morgan fingerprint density at radius 2 is 1.83 bits per heavy atom. The van der Waals surface area contributed by atoms with E-state index in [1.54, 1.807) is 0 Å². The van der Waals surface area contributed by atoms with Gasteiger partial charge in [0.25, 0.3) is 0 Å². The van der Waals surface area contributed by atoms with Gasteiger partial charge in [-0.2, -0.15) is 0 Å². The van der Waals surface area contributed by atoms with Crippen molar-refractivity contribution in [3.63, 3.8) is 0 Å². The van der Waals surface area contributed by atoms with Gasteiger partial charge in [0.05, 0.1) is 0 Å². The number of hydrogen-bond donors (Lipinski definition) is 2. The molecule has 0 aromatic heterocycles. The fourth-order valence-electron chi connectivity index (χ4n) is 3.52. The van der Waals surface area contributed by atoms with Crippen molar-refractivity contribution in [2.45, 2.75) is 72.8 Å². The fraction of sp³-hybridized carbons (Fsp3) is 0.650. The van der Waals surface area contributed by atoms with Crippen LogP contribution in [-0.4, -0.2) is 11.2 Å². The summed E-state index contributed by atoms with van der Waals surface area (Å²) < 4.78 is 0. The van der Waals surface area contributed by atoms with E-state index in [0.717, 1.165) is 16.7 Å². The Bertz CT molecular complexity index is 543. The Labute approximate surface area is 147 Å². The minimum absolute atomic E-state index is 0.475. The zero-order valence-electron chi connectivity index (χ0n) is 15.3. The lowest BCUT2D eigenvalue weighted by Crippen LogP contribution is -2.41. The minimum atomic E-state index is 0.475. The van der Waals surface area contributed by atoms with Crippen LogP contribution in [0.1, 0.15) is 64.0 Å². The summed E-state index contributed by atoms with van der Waals surface area (Å²) in [5, 5.41) is 7.66. The summed E-state index contributed by atoms with van der Waals surface area (Å²) in [4.78, 5) is 0. The number of benzene rings is 1. The van der Waals surface area contributed by atoms with Crippen LogP contribution in [0.2, 0.25) is 0 Å². The highest BCUT2D eigenvalue weighted by atomic mass is 32.1. The summed E-state index contributed by atoms with van der Waals surface area (Å²) in [7, 11) is 0. The zero-order chi connectivity index (χ0) is 17.0. The lowest BCUT2D eigenvalue weighted by atomic mass is 9.69. The summed E-state index contributed by atoms with van der Waals surface area (Å²) in [5.41, 5.74) is 4.07. The molecule has 3 heteroatoms. The molecule has 0 heterocycles. The second-order valence-electron chi connectivity index (χ2n) is 7.81. The van der Waals surface area contributed by atoms with Crippen molar-refractivity contribution in [1.82, 2.24) is 5.32 Å². The van der Waals surface area contributed by atoms with Crippen molar-refractivity contribution >= 4 is 23.0 Å². The normalized spacial score (nSPS) is 21.8. The van der Waals surface area contributed by atoms with E-state index in [-0.39, 0.29) is 0 Å². The zero-order valence-corrected chi connectivity index (χ0v) is 16.1. The predicted octanol–water partition coefficient (Wildman–Crippen LogP) is 5.58. The Hall–Kier alpha value is -1.09. The van der Waals surface area contributed by atoms with Gasteiger partial charge in [0.2, 0.25) is 0 Å². The van der Waals surface area contributed by atoms with E-state index in [4.69, 9.17) is 12.2 Å². The van der Waals surface area contributed by atoms with Crippen LogP contribution in [0, 0.1) is 25.2 Å². The van der Waals surface area contributed by atoms with Crippen LogP contribution in [0.15, 0.2) is 18.2 Å². The van der Waals surface area contributed by atoms with Crippen molar-refractivity contribution < 1.29 is 0 Å². The molecule has 128 valence electrons. The van der Waals surface area contributed by atoms with Gasteiger partial charge in [0.15, 0.2) is 5.11 Å². The first-order valence-electron chi connectivity index (χ1n) is 8.96. The number of thiocarbonyl (C=S) groups is 1. The number of aryl methyl sites for hydroxylation is 2. The quantitative estimate of drug-likeness (QED) is 0.703. The molecule has 1 aromatic carbocycles. The molecule has 1 fully saturated rings. The van der Waals surface area contributed by atoms with Crippen LogP contribution in [0.25, 0.3) is 0 Å². The molecule has 2 N–H and O–H groups in total. The Balaban J connectivity index is 1.84. The van der Waals surface area contributed by atoms with Gasteiger partial charge in [-0.3, -0.25) is 0 Å². The van der Waals surface area contributed by atoms with Crippen LogP contribution in [0.5, 0.6) is 0 Å². The molecular formula is C20H32N2S. The Morgan fingerprint density at radius 3 is 2.43 bits per heavy atom. The average molecular weight is 333 g/mol. The van der Waals surface area contributed by atoms with Crippen molar-refractivity contribution in [2.24, 2.45) is 11.3 Å². The second-order valence-corrected chi connectivity index (χ2v) is 8.22. The van der Waals surface area contributed by atoms with Crippen molar-refractivity contribution in [3.8, 4) is 0 Å². The van der Waals surface area contributed by atoms with Gasteiger partial charge in [-0.05, 0) is 80.3 Å². The molecule has 0 saturated heterocycles. The molecule has 2 rings (SSSR count). The van der Waals surface area contributed by atoms with E-state index in [1.165, 1.54) is 43.2 Å². The van der Waals surface area contributed by atoms with Crippen molar-refractivity contribution in [3.05, 3.63) is 29.3 Å². The van der Waals surface area contributed by atoms with Crippen LogP contribution in [0.4, 0.5) is 5.69 Å². The second kappa shape index (κ2) is 7.65. The first-order chi connectivity index (χ1) is 10.8. The third-order valence-electron chi connectivity index (χ3n) is 5.72. The standard InChI is InChI=1S/C20H32N2S/c1-6-20(4,5)16-9-11-17(12-10-16)21-19(23)22-18-13-14(2)7-8-15(18)3/h7-8,13,16-17H,6,9-12H2,1-5H3,(H2,21,22,23). The molecule has 1 aromatic rings. The van der Waals surface area contributed by atoms with Crippen molar-refractivity contribution in [2.75, 3.05) is 5.32 Å². The number of hydrogen-bond acceptors (Lipinski definition) is 1. The summed E-state index contributed by atoms with van der Waals surface area (Å²) in [6.07, 6.45) is 6.34.